The Morgan fingerprint density at radius 2 is 1.71 bits per heavy atom. The minimum atomic E-state index is -0.324. The number of hydrogen-bond acceptors (Lipinski definition) is 3. The molecule has 0 aliphatic heterocycles. The van der Waals surface area contributed by atoms with Crippen molar-refractivity contribution in [3.63, 3.8) is 0 Å². The molecule has 0 bridgehead atoms. The average molecular weight is 394 g/mol. The largest absolute Gasteiger partial charge is 0.326 e. The summed E-state index contributed by atoms with van der Waals surface area (Å²) in [5, 5.41) is 9.55. The highest BCUT2D eigenvalue weighted by molar-refractivity contribution is 6.31. The minimum Gasteiger partial charge on any atom is -0.326 e. The third-order valence-corrected chi connectivity index (χ3v) is 4.71. The van der Waals surface area contributed by atoms with Gasteiger partial charge in [-0.05, 0) is 47.0 Å². The third-order valence-electron chi connectivity index (χ3n) is 4.30. The molecule has 0 aromatic heterocycles. The number of nitrogens with one attached hydrogen (secondary N) is 2. The van der Waals surface area contributed by atoms with Crippen LogP contribution in [-0.4, -0.2) is 18.0 Å². The number of hydrogen-bond donors (Lipinski definition) is 2. The van der Waals surface area contributed by atoms with Crippen LogP contribution in [0.1, 0.15) is 24.0 Å². The molecule has 0 saturated heterocycles. The van der Waals surface area contributed by atoms with Crippen molar-refractivity contribution in [1.82, 2.24) is 5.43 Å². The molecule has 3 aromatic carbocycles. The summed E-state index contributed by atoms with van der Waals surface area (Å²) in [5.74, 6) is -0.575. The van der Waals surface area contributed by atoms with Crippen LogP contribution in [0.2, 0.25) is 5.02 Å². The Kier molecular flexibility index (Phi) is 6.40. The smallest absolute Gasteiger partial charge is 0.240 e. The van der Waals surface area contributed by atoms with Gasteiger partial charge < -0.3 is 5.32 Å². The van der Waals surface area contributed by atoms with Gasteiger partial charge in [0.1, 0.15) is 0 Å². The lowest BCUT2D eigenvalue weighted by atomic mass is 10.1. The second-order valence-corrected chi connectivity index (χ2v) is 6.77. The van der Waals surface area contributed by atoms with E-state index in [1.165, 1.54) is 0 Å². The van der Waals surface area contributed by atoms with E-state index in [0.29, 0.717) is 10.7 Å². The average Bonchev–Trinajstić information content (AvgIpc) is 2.70. The Labute approximate surface area is 168 Å². The first-order chi connectivity index (χ1) is 13.5. The zero-order valence-corrected chi connectivity index (χ0v) is 16.2. The van der Waals surface area contributed by atoms with Crippen LogP contribution in [-0.2, 0) is 9.59 Å². The van der Waals surface area contributed by atoms with E-state index in [-0.39, 0.29) is 24.7 Å². The number of amides is 2. The number of carbonyl (C=O) groups is 2. The van der Waals surface area contributed by atoms with Gasteiger partial charge in [-0.15, -0.1) is 0 Å². The van der Waals surface area contributed by atoms with Crippen molar-refractivity contribution in [2.75, 3.05) is 5.32 Å². The molecule has 0 saturated carbocycles. The summed E-state index contributed by atoms with van der Waals surface area (Å²) in [5.41, 5.74) is 4.77. The highest BCUT2D eigenvalue weighted by atomic mass is 35.5. The number of hydrazone groups is 1. The second kappa shape index (κ2) is 9.15. The third kappa shape index (κ3) is 5.18. The van der Waals surface area contributed by atoms with E-state index in [9.17, 15) is 9.59 Å². The molecule has 6 heteroatoms. The second-order valence-electron chi connectivity index (χ2n) is 6.36. The highest BCUT2D eigenvalue weighted by Gasteiger charge is 2.09. The Morgan fingerprint density at radius 1 is 0.964 bits per heavy atom. The molecule has 0 aliphatic carbocycles. The number of carbonyl (C=O) groups excluding carboxylic acids is 2. The van der Waals surface area contributed by atoms with Crippen LogP contribution >= 0.6 is 11.6 Å². The molecule has 0 fully saturated rings. The SMILES string of the molecule is Cc1c(Cl)cccc1NC(=O)CCC(=O)NN=Cc1ccc2ccccc2c1. The summed E-state index contributed by atoms with van der Waals surface area (Å²) in [6, 6.07) is 19.2. The van der Waals surface area contributed by atoms with E-state index in [1.54, 1.807) is 24.4 Å². The molecule has 2 amide bonds. The van der Waals surface area contributed by atoms with Gasteiger partial charge in [0.05, 0.1) is 6.21 Å². The maximum atomic E-state index is 12.0. The molecule has 5 nitrogen and oxygen atoms in total. The molecule has 0 unspecified atom stereocenters. The zero-order valence-electron chi connectivity index (χ0n) is 15.4. The fraction of sp³-hybridized carbons (Fsp3) is 0.136. The van der Waals surface area contributed by atoms with Gasteiger partial charge >= 0.3 is 0 Å². The van der Waals surface area contributed by atoms with Crippen molar-refractivity contribution in [3.8, 4) is 0 Å². The van der Waals surface area contributed by atoms with E-state index in [0.717, 1.165) is 21.9 Å². The highest BCUT2D eigenvalue weighted by Crippen LogP contribution is 2.23. The molecule has 3 aromatic rings. The first-order valence-corrected chi connectivity index (χ1v) is 9.26. The number of halogens is 1. The van der Waals surface area contributed by atoms with Crippen LogP contribution in [0, 0.1) is 6.92 Å². The van der Waals surface area contributed by atoms with Crippen molar-refractivity contribution < 1.29 is 9.59 Å². The van der Waals surface area contributed by atoms with Crippen molar-refractivity contribution >= 4 is 46.1 Å². The van der Waals surface area contributed by atoms with Gasteiger partial charge in [-0.3, -0.25) is 9.59 Å². The fourth-order valence-electron chi connectivity index (χ4n) is 2.71. The summed E-state index contributed by atoms with van der Waals surface area (Å²) in [6.45, 7) is 1.83. The standard InChI is InChI=1S/C22H20ClN3O2/c1-15-19(23)7-4-8-20(15)25-21(27)11-12-22(28)26-24-14-16-9-10-17-5-2-3-6-18(17)13-16/h2-10,13-14H,11-12H2,1H3,(H,25,27)(H,26,28). The summed E-state index contributed by atoms with van der Waals surface area (Å²) >= 11 is 6.03. The molecule has 0 heterocycles. The molecule has 142 valence electrons. The Morgan fingerprint density at radius 3 is 2.54 bits per heavy atom. The van der Waals surface area contributed by atoms with Gasteiger partial charge in [0.25, 0.3) is 0 Å². The predicted molar refractivity (Wildman–Crippen MR) is 114 cm³/mol. The molecule has 0 radical (unpaired) electrons. The monoisotopic (exact) mass is 393 g/mol. The van der Waals surface area contributed by atoms with E-state index in [1.807, 2.05) is 49.4 Å². The molecule has 3 rings (SSSR count). The molecular weight excluding hydrogens is 374 g/mol. The van der Waals surface area contributed by atoms with Gasteiger partial charge in [0, 0.05) is 23.6 Å². The van der Waals surface area contributed by atoms with Crippen molar-refractivity contribution in [3.05, 3.63) is 76.8 Å². The van der Waals surface area contributed by atoms with Crippen LogP contribution in [0.25, 0.3) is 10.8 Å². The van der Waals surface area contributed by atoms with Crippen LogP contribution in [0.15, 0.2) is 65.8 Å². The molecular formula is C22H20ClN3O2. The first kappa shape index (κ1) is 19.6. The van der Waals surface area contributed by atoms with Crippen LogP contribution < -0.4 is 10.7 Å². The minimum absolute atomic E-state index is 0.0422. The number of benzene rings is 3. The van der Waals surface area contributed by atoms with E-state index < -0.39 is 0 Å². The van der Waals surface area contributed by atoms with E-state index >= 15 is 0 Å². The molecule has 0 aliphatic rings. The summed E-state index contributed by atoms with van der Waals surface area (Å²) in [6.07, 6.45) is 1.68. The van der Waals surface area contributed by atoms with Gasteiger partial charge in [-0.1, -0.05) is 54.1 Å². The number of nitrogens with zero attached hydrogens (tertiary/aromatic N) is 1. The van der Waals surface area contributed by atoms with Crippen LogP contribution in [0.3, 0.4) is 0 Å². The zero-order chi connectivity index (χ0) is 19.9. The maximum absolute atomic E-state index is 12.0. The van der Waals surface area contributed by atoms with Crippen molar-refractivity contribution in [1.29, 1.82) is 0 Å². The summed E-state index contributed by atoms with van der Waals surface area (Å²) in [7, 11) is 0. The van der Waals surface area contributed by atoms with Crippen molar-refractivity contribution in [2.45, 2.75) is 19.8 Å². The molecule has 0 atom stereocenters. The van der Waals surface area contributed by atoms with E-state index in [4.69, 9.17) is 11.6 Å². The normalized spacial score (nSPS) is 10.9. The van der Waals surface area contributed by atoms with Gasteiger partial charge in [-0.2, -0.15) is 5.10 Å². The Balaban J connectivity index is 1.47. The Bertz CT molecular complexity index is 1050. The maximum Gasteiger partial charge on any atom is 0.240 e. The molecule has 28 heavy (non-hydrogen) atoms. The number of rotatable bonds is 6. The van der Waals surface area contributed by atoms with Gasteiger partial charge in [0.2, 0.25) is 11.8 Å². The van der Waals surface area contributed by atoms with Crippen LogP contribution in [0.5, 0.6) is 0 Å². The van der Waals surface area contributed by atoms with Crippen LogP contribution in [0.4, 0.5) is 5.69 Å². The topological polar surface area (TPSA) is 70.6 Å². The van der Waals surface area contributed by atoms with Gasteiger partial charge in [-0.25, -0.2) is 5.43 Å². The number of anilines is 1. The molecule has 2 N–H and O–H groups in total. The first-order valence-electron chi connectivity index (χ1n) is 8.88. The lowest BCUT2D eigenvalue weighted by molar-refractivity contribution is -0.124. The predicted octanol–water partition coefficient (Wildman–Crippen LogP) is 4.67. The quantitative estimate of drug-likeness (QED) is 0.472. The summed E-state index contributed by atoms with van der Waals surface area (Å²) < 4.78 is 0. The van der Waals surface area contributed by atoms with Gasteiger partial charge in [0.15, 0.2) is 0 Å². The summed E-state index contributed by atoms with van der Waals surface area (Å²) in [4.78, 5) is 23.9. The van der Waals surface area contributed by atoms with E-state index in [2.05, 4.69) is 15.8 Å². The fourth-order valence-corrected chi connectivity index (χ4v) is 2.88. The lowest BCUT2D eigenvalue weighted by Crippen LogP contribution is -2.20. The Hall–Kier alpha value is -3.18. The lowest BCUT2D eigenvalue weighted by Gasteiger charge is -2.09. The molecule has 0 spiro atoms. The number of fused-ring (bicyclic) bond motifs is 1. The van der Waals surface area contributed by atoms with Crippen molar-refractivity contribution in [2.24, 2.45) is 5.10 Å².